The maximum absolute atomic E-state index is 13.4. The van der Waals surface area contributed by atoms with Crippen molar-refractivity contribution >= 4 is 5.97 Å². The Morgan fingerprint density at radius 3 is 2.44 bits per heavy atom. The zero-order chi connectivity index (χ0) is 28.9. The van der Waals surface area contributed by atoms with E-state index in [-0.39, 0.29) is 50.1 Å². The summed E-state index contributed by atoms with van der Waals surface area (Å²) >= 11 is 0. The van der Waals surface area contributed by atoms with Crippen LogP contribution in [0.4, 0.5) is 4.39 Å². The second-order valence-corrected chi connectivity index (χ2v) is 11.0. The molecule has 1 aromatic rings. The summed E-state index contributed by atoms with van der Waals surface area (Å²) in [5.41, 5.74) is 0. The Labute approximate surface area is 241 Å². The molecule has 1 saturated carbocycles. The van der Waals surface area contributed by atoms with Gasteiger partial charge in [0.1, 0.15) is 24.3 Å². The molecule has 1 aliphatic carbocycles. The van der Waals surface area contributed by atoms with Crippen LogP contribution in [0.15, 0.2) is 36.4 Å². The van der Waals surface area contributed by atoms with Crippen molar-refractivity contribution in [2.45, 2.75) is 108 Å². The Hall–Kier alpha value is -2.08. The fourth-order valence-corrected chi connectivity index (χ4v) is 5.55. The van der Waals surface area contributed by atoms with E-state index in [1.807, 2.05) is 12.2 Å². The van der Waals surface area contributed by atoms with Gasteiger partial charge in [0.15, 0.2) is 12.6 Å². The number of aliphatic hydroxyl groups is 1. The molecule has 3 unspecified atom stereocenters. The van der Waals surface area contributed by atoms with Gasteiger partial charge in [0, 0.05) is 32.0 Å². The second-order valence-electron chi connectivity index (χ2n) is 11.0. The standard InChI is InChI=1S/C31H45FO9/c32-22-13-15-23(16-14-22)38-20-24(40-29-11-5-7-17-36-29)21-39-31-25(9-3-1-2-4-10-28(34)35)26(33)19-27(31)41-30-12-6-8-18-37-30/h1,3,13-16,24-27,29-31,33H,2,4-12,17-21H2,(H,34,35)/t24?,25-,26-,27+,29?,30?,31+/m0/s1. The number of rotatable bonds is 16. The van der Waals surface area contributed by atoms with Gasteiger partial charge in [-0.25, -0.2) is 4.39 Å². The summed E-state index contributed by atoms with van der Waals surface area (Å²) in [5, 5.41) is 19.9. The first-order valence-corrected chi connectivity index (χ1v) is 15.1. The van der Waals surface area contributed by atoms with E-state index in [2.05, 4.69) is 0 Å². The minimum absolute atomic E-state index is 0.130. The molecule has 1 aromatic carbocycles. The quantitative estimate of drug-likeness (QED) is 0.206. The molecule has 4 rings (SSSR count). The highest BCUT2D eigenvalue weighted by Crippen LogP contribution is 2.36. The van der Waals surface area contributed by atoms with Crippen LogP contribution in [0.25, 0.3) is 0 Å². The number of allylic oxidation sites excluding steroid dienone is 2. The summed E-state index contributed by atoms with van der Waals surface area (Å²) in [6.45, 7) is 1.69. The lowest BCUT2D eigenvalue weighted by molar-refractivity contribution is -0.226. The van der Waals surface area contributed by atoms with Crippen molar-refractivity contribution < 1.29 is 47.8 Å². The first kappa shape index (κ1) is 31.8. The number of unbranched alkanes of at least 4 members (excludes halogenated alkanes) is 1. The van der Waals surface area contributed by atoms with Crippen LogP contribution in [-0.4, -0.2) is 79.6 Å². The maximum Gasteiger partial charge on any atom is 0.303 e. The van der Waals surface area contributed by atoms with Gasteiger partial charge in [-0.1, -0.05) is 12.2 Å². The molecular weight excluding hydrogens is 535 g/mol. The molecule has 230 valence electrons. The Morgan fingerprint density at radius 2 is 1.76 bits per heavy atom. The molecular formula is C31H45FO9. The van der Waals surface area contributed by atoms with Crippen LogP contribution >= 0.6 is 0 Å². The number of carboxylic acids is 1. The summed E-state index contributed by atoms with van der Waals surface area (Å²) in [6.07, 6.45) is 9.51. The van der Waals surface area contributed by atoms with Crippen LogP contribution in [0, 0.1) is 11.7 Å². The molecule has 0 aromatic heterocycles. The van der Waals surface area contributed by atoms with Gasteiger partial charge in [0.05, 0.1) is 24.9 Å². The van der Waals surface area contributed by atoms with Crippen molar-refractivity contribution in [3.8, 4) is 5.75 Å². The number of hydrogen-bond acceptors (Lipinski definition) is 8. The van der Waals surface area contributed by atoms with Gasteiger partial charge in [-0.05, 0) is 82.1 Å². The summed E-state index contributed by atoms with van der Waals surface area (Å²) in [7, 11) is 0. The maximum atomic E-state index is 13.4. The first-order valence-electron chi connectivity index (χ1n) is 15.1. The van der Waals surface area contributed by atoms with Gasteiger partial charge in [0.2, 0.25) is 0 Å². The number of aliphatic carboxylic acids is 1. The van der Waals surface area contributed by atoms with Crippen LogP contribution < -0.4 is 4.74 Å². The zero-order valence-electron chi connectivity index (χ0n) is 23.7. The van der Waals surface area contributed by atoms with Crippen molar-refractivity contribution in [1.82, 2.24) is 0 Å². The Kier molecular flexibility index (Phi) is 13.3. The van der Waals surface area contributed by atoms with E-state index in [1.165, 1.54) is 12.1 Å². The van der Waals surface area contributed by atoms with Crippen molar-refractivity contribution in [2.75, 3.05) is 26.4 Å². The Bertz CT molecular complexity index is 915. The monoisotopic (exact) mass is 580 g/mol. The minimum atomic E-state index is -0.804. The molecule has 0 radical (unpaired) electrons. The molecule has 9 nitrogen and oxygen atoms in total. The van der Waals surface area contributed by atoms with E-state index >= 15 is 0 Å². The minimum Gasteiger partial charge on any atom is -0.491 e. The summed E-state index contributed by atoms with van der Waals surface area (Å²) < 4.78 is 50.0. The molecule has 3 aliphatic rings. The fourth-order valence-electron chi connectivity index (χ4n) is 5.55. The predicted molar refractivity (Wildman–Crippen MR) is 148 cm³/mol. The molecule has 0 amide bonds. The van der Waals surface area contributed by atoms with Crippen molar-refractivity contribution in [2.24, 2.45) is 5.92 Å². The highest BCUT2D eigenvalue weighted by molar-refractivity contribution is 5.66. The average Bonchev–Trinajstić information content (AvgIpc) is 3.27. The molecule has 41 heavy (non-hydrogen) atoms. The van der Waals surface area contributed by atoms with Gasteiger partial charge in [0.25, 0.3) is 0 Å². The SMILES string of the molecule is O=C(O)CCCC=CC[C@@H]1[C@@H](OCC(COc2ccc(F)cc2)OC2CCCCO2)[C@H](OC2CCCCO2)C[C@@H]1O. The highest BCUT2D eigenvalue weighted by Gasteiger charge is 2.45. The molecule has 0 bridgehead atoms. The predicted octanol–water partition coefficient (Wildman–Crippen LogP) is 5.00. The number of benzene rings is 1. The van der Waals surface area contributed by atoms with E-state index < -0.39 is 24.3 Å². The van der Waals surface area contributed by atoms with Crippen LogP contribution in [0.2, 0.25) is 0 Å². The Balaban J connectivity index is 1.40. The summed E-state index contributed by atoms with van der Waals surface area (Å²) in [5.74, 6) is -0.813. The number of hydrogen-bond donors (Lipinski definition) is 2. The number of aliphatic hydroxyl groups excluding tert-OH is 1. The lowest BCUT2D eigenvalue weighted by Crippen LogP contribution is -2.40. The molecule has 2 heterocycles. The van der Waals surface area contributed by atoms with E-state index in [9.17, 15) is 14.3 Å². The fraction of sp³-hybridized carbons (Fsp3) is 0.710. The number of carboxylic acid groups (broad SMARTS) is 1. The molecule has 7 atom stereocenters. The summed E-state index contributed by atoms with van der Waals surface area (Å²) in [6, 6.07) is 5.84. The van der Waals surface area contributed by atoms with Gasteiger partial charge in [-0.15, -0.1) is 0 Å². The topological polar surface area (TPSA) is 113 Å². The van der Waals surface area contributed by atoms with Crippen LogP contribution in [-0.2, 0) is 28.5 Å². The molecule has 2 saturated heterocycles. The third-order valence-electron chi connectivity index (χ3n) is 7.76. The van der Waals surface area contributed by atoms with Crippen LogP contribution in [0.3, 0.4) is 0 Å². The zero-order valence-corrected chi connectivity index (χ0v) is 23.7. The summed E-state index contributed by atoms with van der Waals surface area (Å²) in [4.78, 5) is 10.8. The Morgan fingerprint density at radius 1 is 1.02 bits per heavy atom. The average molecular weight is 581 g/mol. The smallest absolute Gasteiger partial charge is 0.303 e. The van der Waals surface area contributed by atoms with Crippen molar-refractivity contribution in [1.29, 1.82) is 0 Å². The highest BCUT2D eigenvalue weighted by atomic mass is 19.1. The molecule has 3 fully saturated rings. The lowest BCUT2D eigenvalue weighted by Gasteiger charge is -2.32. The third kappa shape index (κ3) is 10.9. The van der Waals surface area contributed by atoms with Crippen molar-refractivity contribution in [3.05, 3.63) is 42.2 Å². The van der Waals surface area contributed by atoms with Gasteiger partial charge < -0.3 is 38.6 Å². The third-order valence-corrected chi connectivity index (χ3v) is 7.76. The molecule has 2 aliphatic heterocycles. The molecule has 0 spiro atoms. The van der Waals surface area contributed by atoms with E-state index in [0.29, 0.717) is 44.6 Å². The van der Waals surface area contributed by atoms with Gasteiger partial charge >= 0.3 is 5.97 Å². The number of ether oxygens (including phenoxy) is 6. The largest absolute Gasteiger partial charge is 0.491 e. The number of carbonyl (C=O) groups is 1. The van der Waals surface area contributed by atoms with E-state index in [4.69, 9.17) is 33.5 Å². The van der Waals surface area contributed by atoms with Crippen molar-refractivity contribution in [3.63, 3.8) is 0 Å². The van der Waals surface area contributed by atoms with E-state index in [1.54, 1.807) is 12.1 Å². The first-order chi connectivity index (χ1) is 20.0. The van der Waals surface area contributed by atoms with Gasteiger partial charge in [-0.2, -0.15) is 0 Å². The van der Waals surface area contributed by atoms with Crippen LogP contribution in [0.1, 0.15) is 70.6 Å². The normalized spacial score (nSPS) is 29.5. The number of halogens is 1. The molecule has 2 N–H and O–H groups in total. The van der Waals surface area contributed by atoms with Gasteiger partial charge in [-0.3, -0.25) is 4.79 Å². The second kappa shape index (κ2) is 17.1. The lowest BCUT2D eigenvalue weighted by atomic mass is 9.98. The van der Waals surface area contributed by atoms with E-state index in [0.717, 1.165) is 38.5 Å². The van der Waals surface area contributed by atoms with Crippen LogP contribution in [0.5, 0.6) is 5.75 Å². The molecule has 10 heteroatoms.